The Morgan fingerprint density at radius 2 is 2.00 bits per heavy atom. The van der Waals surface area contributed by atoms with Crippen LogP contribution >= 0.6 is 11.8 Å². The molecule has 3 amide bonds. The van der Waals surface area contributed by atoms with Crippen LogP contribution in [0.1, 0.15) is 16.9 Å². The van der Waals surface area contributed by atoms with E-state index in [0.29, 0.717) is 5.76 Å². The molecule has 2 rings (SSSR count). The molecule has 0 atom stereocenters. The van der Waals surface area contributed by atoms with Gasteiger partial charge in [0.15, 0.2) is 6.61 Å². The van der Waals surface area contributed by atoms with Gasteiger partial charge in [0.1, 0.15) is 5.76 Å². The van der Waals surface area contributed by atoms with Gasteiger partial charge in [-0.1, -0.05) is 17.7 Å². The van der Waals surface area contributed by atoms with E-state index in [1.165, 1.54) is 18.0 Å². The highest BCUT2D eigenvalue weighted by Gasteiger charge is 2.12. The van der Waals surface area contributed by atoms with Crippen molar-refractivity contribution in [3.05, 3.63) is 53.5 Å². The van der Waals surface area contributed by atoms with Crippen molar-refractivity contribution in [2.45, 2.75) is 25.3 Å². The molecule has 0 unspecified atom stereocenters. The van der Waals surface area contributed by atoms with Crippen molar-refractivity contribution >= 4 is 29.7 Å². The number of carbonyl (C=O) groups is 3. The minimum atomic E-state index is -0.702. The number of furan rings is 1. The van der Waals surface area contributed by atoms with Crippen molar-refractivity contribution in [2.75, 3.05) is 12.4 Å². The number of hydrogen-bond donors (Lipinski definition) is 2. The van der Waals surface area contributed by atoms with Gasteiger partial charge in [0.2, 0.25) is 0 Å². The first-order chi connectivity index (χ1) is 12.4. The second-order valence-corrected chi connectivity index (χ2v) is 6.55. The Morgan fingerprint density at radius 1 is 1.19 bits per heavy atom. The van der Waals surface area contributed by atoms with Gasteiger partial charge in [0.25, 0.3) is 5.91 Å². The van der Waals surface area contributed by atoms with Crippen molar-refractivity contribution in [3.63, 3.8) is 0 Å². The van der Waals surface area contributed by atoms with E-state index in [2.05, 4.69) is 10.6 Å². The Hall–Kier alpha value is -2.74. The minimum absolute atomic E-state index is 0.0852. The van der Waals surface area contributed by atoms with Crippen molar-refractivity contribution < 1.29 is 23.5 Å². The molecule has 0 aliphatic carbocycles. The number of nitrogens with one attached hydrogen (secondary N) is 2. The summed E-state index contributed by atoms with van der Waals surface area (Å²) in [5.74, 6) is -0.586. The van der Waals surface area contributed by atoms with Crippen molar-refractivity contribution in [2.24, 2.45) is 0 Å². The first-order valence-electron chi connectivity index (χ1n) is 7.90. The predicted molar refractivity (Wildman–Crippen MR) is 96.7 cm³/mol. The maximum absolute atomic E-state index is 11.7. The summed E-state index contributed by atoms with van der Waals surface area (Å²) in [6.07, 6.45) is 1.48. The third-order valence-corrected chi connectivity index (χ3v) is 4.45. The molecule has 0 radical (unpaired) electrons. The van der Waals surface area contributed by atoms with Gasteiger partial charge in [-0.05, 0) is 37.6 Å². The second kappa shape index (κ2) is 9.67. The molecule has 8 heteroatoms. The molecule has 0 saturated carbocycles. The fourth-order valence-corrected chi connectivity index (χ4v) is 2.88. The number of thioether (sulfide) groups is 1. The molecule has 0 bridgehead atoms. The molecular weight excluding hydrogens is 356 g/mol. The first kappa shape index (κ1) is 19.6. The van der Waals surface area contributed by atoms with Gasteiger partial charge in [-0.2, -0.15) is 0 Å². The molecule has 0 aliphatic rings. The average Bonchev–Trinajstić information content (AvgIpc) is 3.11. The van der Waals surface area contributed by atoms with Crippen LogP contribution in [0.25, 0.3) is 0 Å². The van der Waals surface area contributed by atoms with Crippen LogP contribution in [0.2, 0.25) is 0 Å². The van der Waals surface area contributed by atoms with Gasteiger partial charge < -0.3 is 14.5 Å². The Balaban J connectivity index is 1.64. The molecule has 0 spiro atoms. The third-order valence-electron chi connectivity index (χ3n) is 3.30. The van der Waals surface area contributed by atoms with E-state index in [-0.39, 0.29) is 12.3 Å². The number of amides is 3. The van der Waals surface area contributed by atoms with E-state index in [1.807, 2.05) is 32.0 Å². The van der Waals surface area contributed by atoms with Crippen LogP contribution in [0.5, 0.6) is 0 Å². The zero-order chi connectivity index (χ0) is 18.9. The summed E-state index contributed by atoms with van der Waals surface area (Å²) in [5.41, 5.74) is 2.23. The van der Waals surface area contributed by atoms with E-state index >= 15 is 0 Å². The van der Waals surface area contributed by atoms with E-state index < -0.39 is 24.5 Å². The minimum Gasteiger partial charge on any atom is -0.467 e. The van der Waals surface area contributed by atoms with Crippen LogP contribution in [0.4, 0.5) is 4.79 Å². The Morgan fingerprint density at radius 3 is 2.69 bits per heavy atom. The molecule has 0 aliphatic heterocycles. The van der Waals surface area contributed by atoms with Gasteiger partial charge in [0.05, 0.1) is 18.6 Å². The molecule has 1 aromatic carbocycles. The zero-order valence-electron chi connectivity index (χ0n) is 14.5. The lowest BCUT2D eigenvalue weighted by atomic mass is 10.2. The number of hydrogen-bond acceptors (Lipinski definition) is 6. The van der Waals surface area contributed by atoms with Crippen LogP contribution < -0.4 is 10.6 Å². The topological polar surface area (TPSA) is 97.6 Å². The van der Waals surface area contributed by atoms with E-state index in [1.54, 1.807) is 12.1 Å². The number of aryl methyl sites for hydroxylation is 2. The highest BCUT2D eigenvalue weighted by atomic mass is 32.2. The van der Waals surface area contributed by atoms with Gasteiger partial charge in [0, 0.05) is 4.90 Å². The summed E-state index contributed by atoms with van der Waals surface area (Å²) in [5, 5.41) is 4.52. The summed E-state index contributed by atoms with van der Waals surface area (Å²) < 4.78 is 9.92. The van der Waals surface area contributed by atoms with Crippen molar-refractivity contribution in [3.8, 4) is 0 Å². The van der Waals surface area contributed by atoms with Crippen LogP contribution in [0.15, 0.2) is 45.9 Å². The number of urea groups is 1. The van der Waals surface area contributed by atoms with E-state index in [9.17, 15) is 14.4 Å². The predicted octanol–water partition coefficient (Wildman–Crippen LogP) is 2.56. The molecule has 0 saturated heterocycles. The summed E-state index contributed by atoms with van der Waals surface area (Å²) in [6.45, 7) is 3.60. The Bertz CT molecular complexity index is 774. The lowest BCUT2D eigenvalue weighted by Crippen LogP contribution is -2.41. The maximum Gasteiger partial charge on any atom is 0.321 e. The monoisotopic (exact) mass is 376 g/mol. The number of imide groups is 1. The van der Waals surface area contributed by atoms with Crippen molar-refractivity contribution in [1.29, 1.82) is 0 Å². The molecule has 0 fully saturated rings. The summed E-state index contributed by atoms with van der Waals surface area (Å²) in [6, 6.07) is 8.64. The van der Waals surface area contributed by atoms with Crippen LogP contribution in [0, 0.1) is 13.8 Å². The lowest BCUT2D eigenvalue weighted by molar-refractivity contribution is -0.145. The Labute approximate surface area is 155 Å². The summed E-state index contributed by atoms with van der Waals surface area (Å²) in [4.78, 5) is 35.9. The number of rotatable bonds is 7. The first-order valence-corrected chi connectivity index (χ1v) is 8.88. The maximum atomic E-state index is 11.7. The molecule has 2 N–H and O–H groups in total. The second-order valence-electron chi connectivity index (χ2n) is 5.53. The summed E-state index contributed by atoms with van der Waals surface area (Å²) in [7, 11) is 0. The van der Waals surface area contributed by atoms with Gasteiger partial charge in [-0.15, -0.1) is 11.8 Å². The standard InChI is InChI=1S/C18H20N2O5S/c1-12-5-6-15(13(2)8-12)26-11-17(22)25-10-16(21)20-18(23)19-9-14-4-3-7-24-14/h3-8H,9-11H2,1-2H3,(H2,19,20,21,23). The quantitative estimate of drug-likeness (QED) is 0.569. The molecule has 26 heavy (non-hydrogen) atoms. The third kappa shape index (κ3) is 6.64. The molecule has 138 valence electrons. The largest absolute Gasteiger partial charge is 0.467 e. The fraction of sp³-hybridized carbons (Fsp3) is 0.278. The number of benzene rings is 1. The molecule has 1 aromatic heterocycles. The normalized spacial score (nSPS) is 10.2. The van der Waals surface area contributed by atoms with Crippen molar-refractivity contribution in [1.82, 2.24) is 10.6 Å². The SMILES string of the molecule is Cc1ccc(SCC(=O)OCC(=O)NC(=O)NCc2ccco2)c(C)c1. The van der Waals surface area contributed by atoms with E-state index in [0.717, 1.165) is 16.0 Å². The van der Waals surface area contributed by atoms with Crippen LogP contribution in [-0.2, 0) is 20.9 Å². The molecule has 1 heterocycles. The number of carbonyl (C=O) groups excluding carboxylic acids is 3. The smallest absolute Gasteiger partial charge is 0.321 e. The van der Waals surface area contributed by atoms with Gasteiger partial charge in [-0.3, -0.25) is 14.9 Å². The van der Waals surface area contributed by atoms with Gasteiger partial charge in [-0.25, -0.2) is 4.79 Å². The number of esters is 1. The van der Waals surface area contributed by atoms with Crippen LogP contribution in [-0.4, -0.2) is 30.3 Å². The molecule has 7 nitrogen and oxygen atoms in total. The zero-order valence-corrected chi connectivity index (χ0v) is 15.4. The highest BCUT2D eigenvalue weighted by Crippen LogP contribution is 2.23. The van der Waals surface area contributed by atoms with Gasteiger partial charge >= 0.3 is 12.0 Å². The highest BCUT2D eigenvalue weighted by molar-refractivity contribution is 8.00. The number of ether oxygens (including phenoxy) is 1. The van der Waals surface area contributed by atoms with Crippen LogP contribution in [0.3, 0.4) is 0 Å². The summed E-state index contributed by atoms with van der Waals surface area (Å²) >= 11 is 1.34. The Kier molecular flexibility index (Phi) is 7.28. The average molecular weight is 376 g/mol. The molecule has 2 aromatic rings. The lowest BCUT2D eigenvalue weighted by Gasteiger charge is -2.08. The fourth-order valence-electron chi connectivity index (χ4n) is 2.07. The van der Waals surface area contributed by atoms with E-state index in [4.69, 9.17) is 9.15 Å². The molecular formula is C18H20N2O5S.